The number of nitrogens with two attached hydrogens (primary N) is 1. The molecule has 4 heterocycles. The van der Waals surface area contributed by atoms with Gasteiger partial charge in [0.05, 0.1) is 5.60 Å². The van der Waals surface area contributed by atoms with Crippen LogP contribution < -0.4 is 15.4 Å². The molecule has 1 amide bonds. The van der Waals surface area contributed by atoms with Gasteiger partial charge in [0, 0.05) is 85.6 Å². The van der Waals surface area contributed by atoms with E-state index in [0.717, 1.165) is 30.2 Å². The van der Waals surface area contributed by atoms with E-state index in [4.69, 9.17) is 25.8 Å². The second-order valence-electron chi connectivity index (χ2n) is 14.8. The maximum absolute atomic E-state index is 13.9. The maximum atomic E-state index is 13.9. The van der Waals surface area contributed by atoms with Crippen molar-refractivity contribution in [2.24, 2.45) is 5.41 Å². The first-order valence-corrected chi connectivity index (χ1v) is 17.1. The van der Waals surface area contributed by atoms with E-state index in [1.807, 2.05) is 19.9 Å². The summed E-state index contributed by atoms with van der Waals surface area (Å²) in [6.07, 6.45) is -0.0157. The number of aliphatic hydroxyl groups is 1. The Hall–Kier alpha value is -4.23. The van der Waals surface area contributed by atoms with Crippen LogP contribution >= 0.6 is 0 Å². The fourth-order valence-electron chi connectivity index (χ4n) is 7.76. The van der Waals surface area contributed by atoms with Crippen molar-refractivity contribution in [2.75, 3.05) is 63.1 Å². The summed E-state index contributed by atoms with van der Waals surface area (Å²) in [6.45, 7) is 13.7. The SMILES string of the molecule is C=CC(=O)N1CC2(CCN(c3nc(C4CN(CC(C)(C)O)C4)nc4c(OCC(F)(F)F)c(-c5c(C)ccc(N)c5C=N)c(CC)cc34)CC2)C1. The Labute approximate surface area is 290 Å². The van der Waals surface area contributed by atoms with Crippen LogP contribution in [0.25, 0.3) is 22.0 Å². The van der Waals surface area contributed by atoms with Gasteiger partial charge in [-0.25, -0.2) is 9.97 Å². The summed E-state index contributed by atoms with van der Waals surface area (Å²) in [5, 5.41) is 19.2. The number of alkyl halides is 3. The van der Waals surface area contributed by atoms with Crippen molar-refractivity contribution in [1.29, 1.82) is 5.41 Å². The molecule has 3 aromatic rings. The lowest BCUT2D eigenvalue weighted by Gasteiger charge is -2.54. The number of ether oxygens (including phenoxy) is 1. The Balaban J connectivity index is 1.51. The van der Waals surface area contributed by atoms with Crippen LogP contribution in [0.3, 0.4) is 0 Å². The van der Waals surface area contributed by atoms with E-state index >= 15 is 0 Å². The molecule has 4 N–H and O–H groups in total. The number of carbonyl (C=O) groups excluding carboxylic acids is 1. The normalized spacial score (nSPS) is 18.2. The van der Waals surface area contributed by atoms with Crippen LogP contribution in [-0.2, 0) is 11.2 Å². The number of β-amino-alcohol motifs (C(OH)–C–C–N with tert-alkyl or cyclic N) is 1. The number of aromatic nitrogens is 2. The van der Waals surface area contributed by atoms with Gasteiger partial charge in [0.1, 0.15) is 17.2 Å². The molecule has 3 saturated heterocycles. The largest absolute Gasteiger partial charge is 0.481 e. The minimum absolute atomic E-state index is 0.00269. The molecule has 6 rings (SSSR count). The number of nitrogens with zero attached hydrogens (tertiary/aromatic N) is 5. The predicted molar refractivity (Wildman–Crippen MR) is 189 cm³/mol. The van der Waals surface area contributed by atoms with Gasteiger partial charge >= 0.3 is 6.18 Å². The molecule has 0 unspecified atom stereocenters. The van der Waals surface area contributed by atoms with Crippen molar-refractivity contribution < 1.29 is 27.8 Å². The first kappa shape index (κ1) is 35.6. The summed E-state index contributed by atoms with van der Waals surface area (Å²) in [5.41, 5.74) is 8.93. The van der Waals surface area contributed by atoms with E-state index in [0.29, 0.717) is 91.6 Å². The van der Waals surface area contributed by atoms with E-state index < -0.39 is 18.4 Å². The Morgan fingerprint density at radius 3 is 2.44 bits per heavy atom. The summed E-state index contributed by atoms with van der Waals surface area (Å²) < 4.78 is 47.5. The summed E-state index contributed by atoms with van der Waals surface area (Å²) in [7, 11) is 0. The number of rotatable bonds is 10. The fourth-order valence-corrected chi connectivity index (χ4v) is 7.76. The number of likely N-dealkylation sites (tertiary alicyclic amines) is 2. The van der Waals surface area contributed by atoms with Crippen LogP contribution in [0, 0.1) is 17.7 Å². The molecule has 2 aromatic carbocycles. The van der Waals surface area contributed by atoms with Crippen molar-refractivity contribution in [3.05, 3.63) is 53.4 Å². The molecule has 0 saturated carbocycles. The molecule has 1 aromatic heterocycles. The Kier molecular flexibility index (Phi) is 9.36. The Morgan fingerprint density at radius 1 is 1.18 bits per heavy atom. The number of halogens is 3. The van der Waals surface area contributed by atoms with Crippen molar-refractivity contribution in [2.45, 2.75) is 64.7 Å². The highest BCUT2D eigenvalue weighted by Crippen LogP contribution is 2.47. The first-order chi connectivity index (χ1) is 23.5. The van der Waals surface area contributed by atoms with Crippen LogP contribution in [0.2, 0.25) is 0 Å². The second-order valence-corrected chi connectivity index (χ2v) is 14.8. The Bertz CT molecular complexity index is 1820. The molecule has 3 aliphatic heterocycles. The molecule has 268 valence electrons. The third kappa shape index (κ3) is 6.89. The summed E-state index contributed by atoms with van der Waals surface area (Å²) >= 11 is 0. The number of fused-ring (bicyclic) bond motifs is 1. The van der Waals surface area contributed by atoms with Crippen LogP contribution in [0.1, 0.15) is 62.0 Å². The number of anilines is 2. The summed E-state index contributed by atoms with van der Waals surface area (Å²) in [6, 6.07) is 5.44. The number of nitrogen functional groups attached to an aromatic ring is 1. The standard InChI is InChI=1S/C37H46F3N7O3/c1-6-23-14-25-31(32(50-21-37(38,39)40)30(23)29-22(3)8-9-27(42)26(29)15-41)43-33(24-16-45(17-24)18-35(4,5)49)44-34(25)46-12-10-36(11-13-46)19-47(20-36)28(48)7-2/h7-9,14-15,24,41,49H,2,6,10-13,16-21,42H2,1,3-5H3. The van der Waals surface area contributed by atoms with E-state index in [1.54, 1.807) is 30.9 Å². The van der Waals surface area contributed by atoms with Gasteiger partial charge in [-0.2, -0.15) is 13.2 Å². The minimum Gasteiger partial charge on any atom is -0.481 e. The second kappa shape index (κ2) is 13.1. The monoisotopic (exact) mass is 693 g/mol. The number of amides is 1. The number of benzene rings is 2. The third-order valence-corrected chi connectivity index (χ3v) is 10.3. The zero-order chi connectivity index (χ0) is 36.2. The molecule has 13 heteroatoms. The smallest absolute Gasteiger partial charge is 0.422 e. The Morgan fingerprint density at radius 2 is 1.86 bits per heavy atom. The number of hydrogen-bond donors (Lipinski definition) is 3. The van der Waals surface area contributed by atoms with Gasteiger partial charge in [0.2, 0.25) is 5.91 Å². The molecule has 50 heavy (non-hydrogen) atoms. The van der Waals surface area contributed by atoms with Gasteiger partial charge in [-0.15, -0.1) is 0 Å². The third-order valence-electron chi connectivity index (χ3n) is 10.3. The van der Waals surface area contributed by atoms with Crippen LogP contribution in [0.4, 0.5) is 24.7 Å². The lowest BCUT2D eigenvalue weighted by Crippen LogP contribution is -2.61. The number of hydrogen-bond acceptors (Lipinski definition) is 9. The number of piperidine rings is 1. The molecular formula is C37H46F3N7O3. The predicted octanol–water partition coefficient (Wildman–Crippen LogP) is 5.47. The minimum atomic E-state index is -4.62. The molecular weight excluding hydrogens is 647 g/mol. The molecule has 0 aliphatic carbocycles. The van der Waals surface area contributed by atoms with Gasteiger partial charge < -0.3 is 30.8 Å². The van der Waals surface area contributed by atoms with Crippen LogP contribution in [0.5, 0.6) is 5.75 Å². The highest BCUT2D eigenvalue weighted by atomic mass is 19.4. The van der Waals surface area contributed by atoms with E-state index in [-0.39, 0.29) is 28.5 Å². The summed E-state index contributed by atoms with van der Waals surface area (Å²) in [4.78, 5) is 28.4. The highest BCUT2D eigenvalue weighted by molar-refractivity contribution is 6.04. The lowest BCUT2D eigenvalue weighted by molar-refractivity contribution is -0.153. The van der Waals surface area contributed by atoms with Gasteiger partial charge in [-0.3, -0.25) is 9.69 Å². The van der Waals surface area contributed by atoms with Crippen LogP contribution in [0.15, 0.2) is 30.9 Å². The van der Waals surface area contributed by atoms with E-state index in [1.165, 1.54) is 6.08 Å². The van der Waals surface area contributed by atoms with Crippen molar-refractivity contribution in [1.82, 2.24) is 19.8 Å². The van der Waals surface area contributed by atoms with E-state index in [9.17, 15) is 23.1 Å². The van der Waals surface area contributed by atoms with Crippen molar-refractivity contribution in [3.63, 3.8) is 0 Å². The molecule has 1 spiro atoms. The van der Waals surface area contributed by atoms with Gasteiger partial charge in [-0.05, 0) is 74.9 Å². The zero-order valence-electron chi connectivity index (χ0n) is 29.2. The van der Waals surface area contributed by atoms with Crippen molar-refractivity contribution >= 4 is 34.5 Å². The molecule has 0 bridgehead atoms. The average Bonchev–Trinajstić information content (AvgIpc) is 3.03. The van der Waals surface area contributed by atoms with Gasteiger partial charge in [-0.1, -0.05) is 19.6 Å². The number of carbonyl (C=O) groups is 1. The quantitative estimate of drug-likeness (QED) is 0.145. The molecule has 0 radical (unpaired) electrons. The van der Waals surface area contributed by atoms with Crippen LogP contribution in [-0.4, -0.2) is 101 Å². The molecule has 3 aliphatic rings. The topological polar surface area (TPSA) is 132 Å². The average molecular weight is 694 g/mol. The van der Waals surface area contributed by atoms with E-state index in [2.05, 4.69) is 16.4 Å². The molecule has 3 fully saturated rings. The number of nitrogens with one attached hydrogen (secondary N) is 1. The first-order valence-electron chi connectivity index (χ1n) is 17.1. The van der Waals surface area contributed by atoms with Gasteiger partial charge in [0.15, 0.2) is 12.4 Å². The summed E-state index contributed by atoms with van der Waals surface area (Å²) in [5.74, 6) is 0.984. The highest BCUT2D eigenvalue weighted by Gasteiger charge is 2.46. The van der Waals surface area contributed by atoms with Crippen molar-refractivity contribution in [3.8, 4) is 16.9 Å². The van der Waals surface area contributed by atoms with Gasteiger partial charge in [0.25, 0.3) is 0 Å². The number of aryl methyl sites for hydroxylation is 2. The fraction of sp³-hybridized carbons (Fsp3) is 0.514. The molecule has 0 atom stereocenters. The molecule has 10 nitrogen and oxygen atoms in total. The lowest BCUT2D eigenvalue weighted by atomic mass is 9.72. The maximum Gasteiger partial charge on any atom is 0.422 e. The zero-order valence-corrected chi connectivity index (χ0v) is 29.2.